The summed E-state index contributed by atoms with van der Waals surface area (Å²) in [6.07, 6.45) is 8.95. The van der Waals surface area contributed by atoms with E-state index >= 15 is 0 Å². The molecule has 21 heavy (non-hydrogen) atoms. The van der Waals surface area contributed by atoms with E-state index in [4.69, 9.17) is 0 Å². The molecule has 1 N–H and O–H groups in total. The number of nitrogens with one attached hydrogen (secondary N) is 1. The number of nitrogens with zero attached hydrogens (tertiary/aromatic N) is 3. The third-order valence-corrected chi connectivity index (χ3v) is 4.77. The monoisotopic (exact) mass is 292 g/mol. The van der Waals surface area contributed by atoms with Crippen molar-refractivity contribution >= 4 is 5.95 Å². The molecule has 1 saturated carbocycles. The highest BCUT2D eigenvalue weighted by Crippen LogP contribution is 2.42. The zero-order valence-electron chi connectivity index (χ0n) is 14.4. The molecular formula is C17H32N4. The summed E-state index contributed by atoms with van der Waals surface area (Å²) >= 11 is 0. The molecule has 0 aliphatic heterocycles. The molecule has 2 rings (SSSR count). The van der Waals surface area contributed by atoms with Crippen molar-refractivity contribution in [2.45, 2.75) is 52.5 Å². The topological polar surface area (TPSA) is 33.1 Å². The van der Waals surface area contributed by atoms with Crippen molar-refractivity contribution in [3.05, 3.63) is 11.9 Å². The van der Waals surface area contributed by atoms with E-state index < -0.39 is 0 Å². The fourth-order valence-electron chi connectivity index (χ4n) is 3.91. The maximum Gasteiger partial charge on any atom is 0.204 e. The van der Waals surface area contributed by atoms with Gasteiger partial charge in [-0.15, -0.1) is 0 Å². The Morgan fingerprint density at radius 3 is 2.52 bits per heavy atom. The quantitative estimate of drug-likeness (QED) is 0.838. The molecule has 1 heterocycles. The normalized spacial score (nSPS) is 17.6. The van der Waals surface area contributed by atoms with Crippen LogP contribution in [0.2, 0.25) is 0 Å². The van der Waals surface area contributed by atoms with Crippen LogP contribution < -0.4 is 10.2 Å². The van der Waals surface area contributed by atoms with Crippen molar-refractivity contribution in [1.29, 1.82) is 0 Å². The second kappa shape index (κ2) is 6.82. The van der Waals surface area contributed by atoms with E-state index in [9.17, 15) is 0 Å². The van der Waals surface area contributed by atoms with Crippen LogP contribution in [0.4, 0.5) is 5.95 Å². The first-order valence-corrected chi connectivity index (χ1v) is 8.32. The van der Waals surface area contributed by atoms with Gasteiger partial charge in [-0.05, 0) is 30.6 Å². The minimum atomic E-state index is 0.539. The Morgan fingerprint density at radius 2 is 2.00 bits per heavy atom. The summed E-state index contributed by atoms with van der Waals surface area (Å²) in [5.41, 5.74) is 1.80. The minimum absolute atomic E-state index is 0.539. The van der Waals surface area contributed by atoms with Crippen molar-refractivity contribution in [3.63, 3.8) is 0 Å². The highest BCUT2D eigenvalue weighted by Gasteiger charge is 2.33. The van der Waals surface area contributed by atoms with E-state index in [1.165, 1.54) is 37.8 Å². The molecule has 0 atom stereocenters. The summed E-state index contributed by atoms with van der Waals surface area (Å²) in [4.78, 5) is 6.54. The van der Waals surface area contributed by atoms with Gasteiger partial charge in [0.1, 0.15) is 0 Å². The van der Waals surface area contributed by atoms with E-state index in [0.717, 1.165) is 25.0 Å². The zero-order valence-corrected chi connectivity index (χ0v) is 14.4. The predicted molar refractivity (Wildman–Crippen MR) is 89.6 cm³/mol. The van der Waals surface area contributed by atoms with E-state index in [2.05, 4.69) is 40.7 Å². The summed E-state index contributed by atoms with van der Waals surface area (Å²) < 4.78 is 2.18. The zero-order chi connectivity index (χ0) is 15.5. The van der Waals surface area contributed by atoms with Gasteiger partial charge in [-0.3, -0.25) is 0 Å². The van der Waals surface area contributed by atoms with Gasteiger partial charge < -0.3 is 14.8 Å². The largest absolute Gasteiger partial charge is 0.348 e. The highest BCUT2D eigenvalue weighted by atomic mass is 15.3. The summed E-state index contributed by atoms with van der Waals surface area (Å²) in [7, 11) is 6.17. The SMILES string of the molecule is CC(C)CC1(CNCc2cnc(N(C)C)n2C)CCCC1. The number of anilines is 1. The number of rotatable bonds is 7. The second-order valence-corrected chi connectivity index (χ2v) is 7.41. The Balaban J connectivity index is 1.91. The molecule has 4 heteroatoms. The van der Waals surface area contributed by atoms with Crippen LogP contribution in [0.5, 0.6) is 0 Å². The third kappa shape index (κ3) is 4.00. The van der Waals surface area contributed by atoms with Crippen LogP contribution >= 0.6 is 0 Å². The van der Waals surface area contributed by atoms with Crippen molar-refractivity contribution in [1.82, 2.24) is 14.9 Å². The van der Waals surface area contributed by atoms with E-state index in [1.54, 1.807) is 0 Å². The average Bonchev–Trinajstić information content (AvgIpc) is 2.97. The fraction of sp³-hybridized carbons (Fsp3) is 0.824. The van der Waals surface area contributed by atoms with Gasteiger partial charge in [-0.25, -0.2) is 4.98 Å². The molecule has 1 aromatic heterocycles. The summed E-state index contributed by atoms with van der Waals surface area (Å²) in [6, 6.07) is 0. The summed E-state index contributed by atoms with van der Waals surface area (Å²) in [5, 5.41) is 3.70. The molecule has 0 amide bonds. The van der Waals surface area contributed by atoms with Gasteiger partial charge in [0.05, 0.1) is 11.9 Å². The van der Waals surface area contributed by atoms with E-state index in [0.29, 0.717) is 5.41 Å². The molecule has 0 spiro atoms. The lowest BCUT2D eigenvalue weighted by atomic mass is 9.78. The highest BCUT2D eigenvalue weighted by molar-refractivity contribution is 5.30. The number of hydrogen-bond acceptors (Lipinski definition) is 3. The van der Waals surface area contributed by atoms with Crippen molar-refractivity contribution < 1.29 is 0 Å². The molecule has 1 aliphatic rings. The van der Waals surface area contributed by atoms with Gasteiger partial charge in [0.15, 0.2) is 0 Å². The molecule has 4 nitrogen and oxygen atoms in total. The van der Waals surface area contributed by atoms with Crippen LogP contribution in [0.1, 0.15) is 51.6 Å². The lowest BCUT2D eigenvalue weighted by Gasteiger charge is -2.31. The van der Waals surface area contributed by atoms with Gasteiger partial charge in [0.2, 0.25) is 5.95 Å². The fourth-order valence-corrected chi connectivity index (χ4v) is 3.91. The smallest absolute Gasteiger partial charge is 0.204 e. The van der Waals surface area contributed by atoms with Crippen LogP contribution in [0.3, 0.4) is 0 Å². The molecule has 0 unspecified atom stereocenters. The molecule has 0 saturated heterocycles. The molecule has 0 aromatic carbocycles. The third-order valence-electron chi connectivity index (χ3n) is 4.77. The predicted octanol–water partition coefficient (Wildman–Crippen LogP) is 3.18. The van der Waals surface area contributed by atoms with Crippen LogP contribution in [0.25, 0.3) is 0 Å². The first-order valence-electron chi connectivity index (χ1n) is 8.32. The van der Waals surface area contributed by atoms with Gasteiger partial charge >= 0.3 is 0 Å². The van der Waals surface area contributed by atoms with E-state index in [1.807, 2.05) is 20.3 Å². The number of aromatic nitrogens is 2. The maximum atomic E-state index is 4.48. The lowest BCUT2D eigenvalue weighted by molar-refractivity contribution is 0.223. The van der Waals surface area contributed by atoms with E-state index in [-0.39, 0.29) is 0 Å². The Bertz CT molecular complexity index is 442. The lowest BCUT2D eigenvalue weighted by Crippen LogP contribution is -2.33. The summed E-state index contributed by atoms with van der Waals surface area (Å²) in [6.45, 7) is 6.76. The second-order valence-electron chi connectivity index (χ2n) is 7.41. The average molecular weight is 292 g/mol. The standard InChI is InChI=1S/C17H32N4/c1-14(2)10-17(8-6-7-9-17)13-18-11-15-12-19-16(20(3)4)21(15)5/h12,14,18H,6-11,13H2,1-5H3. The molecule has 1 aliphatic carbocycles. The number of imidazole rings is 1. The molecular weight excluding hydrogens is 260 g/mol. The molecule has 0 radical (unpaired) electrons. The maximum absolute atomic E-state index is 4.48. The molecule has 0 bridgehead atoms. The van der Waals surface area contributed by atoms with Gasteiger partial charge in [-0.1, -0.05) is 26.7 Å². The van der Waals surface area contributed by atoms with Crippen molar-refractivity contribution in [2.75, 3.05) is 25.5 Å². The Kier molecular flexibility index (Phi) is 5.31. The Hall–Kier alpha value is -1.03. The first-order chi connectivity index (χ1) is 9.93. The van der Waals surface area contributed by atoms with Crippen LogP contribution in [-0.4, -0.2) is 30.2 Å². The molecule has 1 fully saturated rings. The van der Waals surface area contributed by atoms with Gasteiger partial charge in [0.25, 0.3) is 0 Å². The Labute approximate surface area is 129 Å². The Morgan fingerprint density at radius 1 is 1.33 bits per heavy atom. The molecule has 120 valence electrons. The minimum Gasteiger partial charge on any atom is -0.348 e. The van der Waals surface area contributed by atoms with Crippen LogP contribution in [0, 0.1) is 11.3 Å². The van der Waals surface area contributed by atoms with Crippen molar-refractivity contribution in [2.24, 2.45) is 18.4 Å². The van der Waals surface area contributed by atoms with Crippen LogP contribution in [-0.2, 0) is 13.6 Å². The van der Waals surface area contributed by atoms with Gasteiger partial charge in [-0.2, -0.15) is 0 Å². The number of hydrogen-bond donors (Lipinski definition) is 1. The van der Waals surface area contributed by atoms with Crippen LogP contribution in [0.15, 0.2) is 6.20 Å². The van der Waals surface area contributed by atoms with Gasteiger partial charge in [0, 0.05) is 34.2 Å². The molecule has 1 aromatic rings. The van der Waals surface area contributed by atoms with Crippen molar-refractivity contribution in [3.8, 4) is 0 Å². The summed E-state index contributed by atoms with van der Waals surface area (Å²) in [5.74, 6) is 1.81. The first kappa shape index (κ1) is 16.3.